The molecule has 3 nitrogen and oxygen atoms in total. The topological polar surface area (TPSA) is 21.7 Å². The van der Waals surface area contributed by atoms with Gasteiger partial charge in [-0.15, -0.1) is 0 Å². The maximum atomic E-state index is 5.47. The molecular formula is C12H25NO2. The van der Waals surface area contributed by atoms with Crippen molar-refractivity contribution < 1.29 is 9.47 Å². The summed E-state index contributed by atoms with van der Waals surface area (Å²) in [5.41, 5.74) is 0. The fourth-order valence-corrected chi connectivity index (χ4v) is 2.05. The first-order valence-electron chi connectivity index (χ1n) is 6.03. The third kappa shape index (κ3) is 4.96. The van der Waals surface area contributed by atoms with E-state index in [1.165, 1.54) is 19.5 Å². The van der Waals surface area contributed by atoms with Crippen LogP contribution in [-0.2, 0) is 9.47 Å². The van der Waals surface area contributed by atoms with Crippen LogP contribution in [-0.4, -0.2) is 51.5 Å². The van der Waals surface area contributed by atoms with Gasteiger partial charge in [-0.2, -0.15) is 0 Å². The van der Waals surface area contributed by atoms with E-state index in [-0.39, 0.29) is 0 Å². The van der Waals surface area contributed by atoms with Crippen molar-refractivity contribution in [2.45, 2.75) is 20.3 Å². The number of ether oxygens (including phenoxy) is 2. The molecule has 0 aromatic rings. The zero-order chi connectivity index (χ0) is 11.1. The van der Waals surface area contributed by atoms with Crippen molar-refractivity contribution >= 4 is 0 Å². The van der Waals surface area contributed by atoms with Crippen molar-refractivity contribution in [3.8, 4) is 0 Å². The molecule has 0 N–H and O–H groups in total. The number of hydrogen-bond donors (Lipinski definition) is 0. The monoisotopic (exact) mass is 215 g/mol. The van der Waals surface area contributed by atoms with Crippen LogP contribution in [0, 0.1) is 11.8 Å². The van der Waals surface area contributed by atoms with Crippen LogP contribution in [0.3, 0.4) is 0 Å². The Hall–Kier alpha value is -0.120. The highest BCUT2D eigenvalue weighted by atomic mass is 16.5. The second-order valence-electron chi connectivity index (χ2n) is 4.70. The molecule has 0 radical (unpaired) electrons. The average molecular weight is 215 g/mol. The summed E-state index contributed by atoms with van der Waals surface area (Å²) in [5.74, 6) is 1.72. The molecule has 0 aromatic carbocycles. The lowest BCUT2D eigenvalue weighted by Crippen LogP contribution is -2.26. The summed E-state index contributed by atoms with van der Waals surface area (Å²) in [4.78, 5) is 2.51. The average Bonchev–Trinajstić information content (AvgIpc) is 2.66. The number of likely N-dealkylation sites (tertiary alicyclic amines) is 1. The summed E-state index contributed by atoms with van der Waals surface area (Å²) in [6.07, 6.45) is 1.36. The first-order valence-corrected chi connectivity index (χ1v) is 6.03. The molecule has 0 bridgehead atoms. The second-order valence-corrected chi connectivity index (χ2v) is 4.70. The van der Waals surface area contributed by atoms with Crippen molar-refractivity contribution in [3.05, 3.63) is 0 Å². The van der Waals surface area contributed by atoms with Gasteiger partial charge in [0.15, 0.2) is 0 Å². The molecule has 0 aromatic heterocycles. The van der Waals surface area contributed by atoms with E-state index in [4.69, 9.17) is 9.47 Å². The van der Waals surface area contributed by atoms with Crippen LogP contribution in [0.1, 0.15) is 20.3 Å². The summed E-state index contributed by atoms with van der Waals surface area (Å²) in [7, 11) is 1.71. The minimum absolute atomic E-state index is 0.703. The van der Waals surface area contributed by atoms with Gasteiger partial charge in [-0.05, 0) is 24.8 Å². The Kier molecular flexibility index (Phi) is 6.22. The molecule has 1 rings (SSSR count). The lowest BCUT2D eigenvalue weighted by Gasteiger charge is -2.17. The maximum absolute atomic E-state index is 5.47. The molecule has 15 heavy (non-hydrogen) atoms. The molecule has 1 saturated heterocycles. The van der Waals surface area contributed by atoms with Gasteiger partial charge in [-0.3, -0.25) is 0 Å². The molecule has 0 spiro atoms. The van der Waals surface area contributed by atoms with E-state index in [2.05, 4.69) is 18.7 Å². The zero-order valence-corrected chi connectivity index (χ0v) is 10.4. The Labute approximate surface area is 93.7 Å². The quantitative estimate of drug-likeness (QED) is 0.602. The van der Waals surface area contributed by atoms with Gasteiger partial charge in [-0.1, -0.05) is 13.8 Å². The summed E-state index contributed by atoms with van der Waals surface area (Å²) >= 11 is 0. The summed E-state index contributed by atoms with van der Waals surface area (Å²) in [5, 5.41) is 0. The van der Waals surface area contributed by atoms with Crippen LogP contribution in [0.15, 0.2) is 0 Å². The summed E-state index contributed by atoms with van der Waals surface area (Å²) < 4.78 is 10.4. The van der Waals surface area contributed by atoms with Gasteiger partial charge in [0, 0.05) is 20.2 Å². The van der Waals surface area contributed by atoms with E-state index in [1.807, 2.05) is 0 Å². The number of nitrogens with zero attached hydrogens (tertiary/aromatic N) is 1. The van der Waals surface area contributed by atoms with Gasteiger partial charge in [0.2, 0.25) is 0 Å². The Balaban J connectivity index is 1.99. The predicted octanol–water partition coefficient (Wildman–Crippen LogP) is 1.63. The summed E-state index contributed by atoms with van der Waals surface area (Å²) in [6.45, 7) is 10.5. The van der Waals surface area contributed by atoms with Gasteiger partial charge in [0.1, 0.15) is 0 Å². The predicted molar refractivity (Wildman–Crippen MR) is 62.1 cm³/mol. The minimum atomic E-state index is 0.703. The van der Waals surface area contributed by atoms with Crippen LogP contribution in [0.4, 0.5) is 0 Å². The number of rotatable bonds is 7. The molecule has 1 aliphatic heterocycles. The zero-order valence-electron chi connectivity index (χ0n) is 10.4. The third-order valence-electron chi connectivity index (χ3n) is 3.24. The Bertz CT molecular complexity index is 162. The van der Waals surface area contributed by atoms with E-state index < -0.39 is 0 Å². The Morgan fingerprint density at radius 3 is 2.67 bits per heavy atom. The highest BCUT2D eigenvalue weighted by Gasteiger charge is 2.24. The molecule has 0 amide bonds. The number of hydrogen-bond acceptors (Lipinski definition) is 3. The lowest BCUT2D eigenvalue weighted by atomic mass is 9.95. The lowest BCUT2D eigenvalue weighted by molar-refractivity contribution is 0.0596. The fourth-order valence-electron chi connectivity index (χ4n) is 2.05. The van der Waals surface area contributed by atoms with Crippen molar-refractivity contribution in [3.63, 3.8) is 0 Å². The Morgan fingerprint density at radius 2 is 2.07 bits per heavy atom. The van der Waals surface area contributed by atoms with Gasteiger partial charge in [0.25, 0.3) is 0 Å². The van der Waals surface area contributed by atoms with E-state index in [1.54, 1.807) is 7.11 Å². The molecular weight excluding hydrogens is 190 g/mol. The van der Waals surface area contributed by atoms with E-state index in [0.29, 0.717) is 6.61 Å². The van der Waals surface area contributed by atoms with Crippen LogP contribution < -0.4 is 0 Å². The van der Waals surface area contributed by atoms with Crippen LogP contribution in [0.25, 0.3) is 0 Å². The Morgan fingerprint density at radius 1 is 1.27 bits per heavy atom. The van der Waals surface area contributed by atoms with Crippen LogP contribution >= 0.6 is 0 Å². The minimum Gasteiger partial charge on any atom is -0.382 e. The van der Waals surface area contributed by atoms with Crippen LogP contribution in [0.2, 0.25) is 0 Å². The molecule has 0 saturated carbocycles. The second kappa shape index (κ2) is 7.20. The van der Waals surface area contributed by atoms with Gasteiger partial charge >= 0.3 is 0 Å². The van der Waals surface area contributed by atoms with E-state index in [9.17, 15) is 0 Å². The number of methoxy groups -OCH3 is 1. The molecule has 1 heterocycles. The standard InChI is InChI=1S/C12H25NO2/c1-11(2)12-4-5-13(10-12)6-7-15-9-8-14-3/h11-12H,4-10H2,1-3H3. The molecule has 1 fully saturated rings. The third-order valence-corrected chi connectivity index (χ3v) is 3.24. The van der Waals surface area contributed by atoms with Crippen molar-refractivity contribution in [2.24, 2.45) is 11.8 Å². The van der Waals surface area contributed by atoms with Gasteiger partial charge in [0.05, 0.1) is 19.8 Å². The SMILES string of the molecule is COCCOCCN1CCC(C(C)C)C1. The molecule has 3 heteroatoms. The molecule has 1 atom stereocenters. The van der Waals surface area contributed by atoms with E-state index >= 15 is 0 Å². The first-order chi connectivity index (χ1) is 7.24. The highest BCUT2D eigenvalue weighted by molar-refractivity contribution is 4.77. The molecule has 0 aliphatic carbocycles. The fraction of sp³-hybridized carbons (Fsp3) is 1.00. The first kappa shape index (κ1) is 12.9. The van der Waals surface area contributed by atoms with E-state index in [0.717, 1.165) is 31.6 Å². The van der Waals surface area contributed by atoms with Gasteiger partial charge < -0.3 is 14.4 Å². The normalized spacial score (nSPS) is 22.8. The van der Waals surface area contributed by atoms with Crippen molar-refractivity contribution in [1.29, 1.82) is 0 Å². The molecule has 1 aliphatic rings. The highest BCUT2D eigenvalue weighted by Crippen LogP contribution is 2.22. The summed E-state index contributed by atoms with van der Waals surface area (Å²) in [6, 6.07) is 0. The molecule has 90 valence electrons. The van der Waals surface area contributed by atoms with Crippen LogP contribution in [0.5, 0.6) is 0 Å². The maximum Gasteiger partial charge on any atom is 0.0700 e. The molecule has 1 unspecified atom stereocenters. The van der Waals surface area contributed by atoms with Gasteiger partial charge in [-0.25, -0.2) is 0 Å². The van der Waals surface area contributed by atoms with Crippen molar-refractivity contribution in [1.82, 2.24) is 4.90 Å². The van der Waals surface area contributed by atoms with Crippen molar-refractivity contribution in [2.75, 3.05) is 46.6 Å². The largest absolute Gasteiger partial charge is 0.382 e. The smallest absolute Gasteiger partial charge is 0.0700 e.